The third-order valence-electron chi connectivity index (χ3n) is 4.23. The molecule has 5 nitrogen and oxygen atoms in total. The highest BCUT2D eigenvalue weighted by Crippen LogP contribution is 2.21. The molecule has 0 spiro atoms. The lowest BCUT2D eigenvalue weighted by Crippen LogP contribution is -2.47. The Balaban J connectivity index is 0.00000225. The van der Waals surface area contributed by atoms with Gasteiger partial charge in [-0.3, -0.25) is 4.79 Å². The van der Waals surface area contributed by atoms with E-state index in [1.165, 1.54) is 0 Å². The standard InChI is InChI=1S/C18H21BrN2O3.ClH/c19-13-4-6-15(7-5-13)23-12-16-8-9-17(24-16)18(22)21-10-2-1-3-14(21)11-20;/h4-9,14H,1-3,10-12,20H2;1H. The first-order valence-corrected chi connectivity index (χ1v) is 8.95. The lowest BCUT2D eigenvalue weighted by atomic mass is 10.0. The molecule has 1 aromatic carbocycles. The Morgan fingerprint density at radius 2 is 2.00 bits per heavy atom. The predicted octanol–water partition coefficient (Wildman–Crippen LogP) is 4.00. The second-order valence-corrected chi connectivity index (χ2v) is 6.81. The summed E-state index contributed by atoms with van der Waals surface area (Å²) in [7, 11) is 0. The van der Waals surface area contributed by atoms with E-state index in [0.717, 1.165) is 36.0 Å². The summed E-state index contributed by atoms with van der Waals surface area (Å²) in [4.78, 5) is 14.5. The number of carbonyl (C=O) groups excluding carboxylic acids is 1. The molecule has 1 atom stereocenters. The van der Waals surface area contributed by atoms with Gasteiger partial charge in [0, 0.05) is 23.6 Å². The van der Waals surface area contributed by atoms with Gasteiger partial charge in [0.2, 0.25) is 0 Å². The van der Waals surface area contributed by atoms with Crippen molar-refractivity contribution in [2.45, 2.75) is 31.9 Å². The fourth-order valence-corrected chi connectivity index (χ4v) is 3.17. The van der Waals surface area contributed by atoms with Crippen LogP contribution >= 0.6 is 28.3 Å². The van der Waals surface area contributed by atoms with Crippen molar-refractivity contribution in [2.75, 3.05) is 13.1 Å². The third kappa shape index (κ3) is 5.00. The molecule has 3 rings (SSSR count). The zero-order valence-electron chi connectivity index (χ0n) is 13.8. The second-order valence-electron chi connectivity index (χ2n) is 5.89. The predicted molar refractivity (Wildman–Crippen MR) is 102 cm³/mol. The Morgan fingerprint density at radius 1 is 1.24 bits per heavy atom. The number of ether oxygens (including phenoxy) is 1. The van der Waals surface area contributed by atoms with Crippen molar-refractivity contribution in [3.8, 4) is 5.75 Å². The Bertz CT molecular complexity index is 690. The molecule has 25 heavy (non-hydrogen) atoms. The molecule has 1 fully saturated rings. The Labute approximate surface area is 162 Å². The number of nitrogens with two attached hydrogens (primary N) is 1. The van der Waals surface area contributed by atoms with Gasteiger partial charge in [-0.25, -0.2) is 0 Å². The molecular weight excluding hydrogens is 408 g/mol. The molecule has 0 aliphatic carbocycles. The summed E-state index contributed by atoms with van der Waals surface area (Å²) in [5, 5.41) is 0. The fourth-order valence-electron chi connectivity index (χ4n) is 2.91. The minimum Gasteiger partial charge on any atom is -0.486 e. The maximum Gasteiger partial charge on any atom is 0.289 e. The number of halogens is 2. The van der Waals surface area contributed by atoms with Crippen LogP contribution in [-0.2, 0) is 6.61 Å². The van der Waals surface area contributed by atoms with E-state index in [-0.39, 0.29) is 31.0 Å². The first kappa shape index (κ1) is 19.8. The number of piperidine rings is 1. The monoisotopic (exact) mass is 428 g/mol. The molecule has 2 heterocycles. The number of hydrogen-bond acceptors (Lipinski definition) is 4. The maximum atomic E-state index is 12.6. The molecule has 136 valence electrons. The molecule has 1 amide bonds. The summed E-state index contributed by atoms with van der Waals surface area (Å²) >= 11 is 3.38. The largest absolute Gasteiger partial charge is 0.486 e. The summed E-state index contributed by atoms with van der Waals surface area (Å²) in [5.41, 5.74) is 5.79. The topological polar surface area (TPSA) is 68.7 Å². The van der Waals surface area contributed by atoms with Crippen LogP contribution in [0.15, 0.2) is 45.3 Å². The van der Waals surface area contributed by atoms with E-state index in [2.05, 4.69) is 15.9 Å². The van der Waals surface area contributed by atoms with Crippen molar-refractivity contribution in [3.63, 3.8) is 0 Å². The van der Waals surface area contributed by atoms with E-state index >= 15 is 0 Å². The van der Waals surface area contributed by atoms with E-state index in [1.807, 2.05) is 29.2 Å². The average Bonchev–Trinajstić information content (AvgIpc) is 3.09. The quantitative estimate of drug-likeness (QED) is 0.780. The summed E-state index contributed by atoms with van der Waals surface area (Å²) in [6.45, 7) is 1.52. The number of furan rings is 1. The number of hydrogen-bond donors (Lipinski definition) is 1. The lowest BCUT2D eigenvalue weighted by molar-refractivity contribution is 0.0587. The van der Waals surface area contributed by atoms with Crippen LogP contribution in [0.3, 0.4) is 0 Å². The highest BCUT2D eigenvalue weighted by molar-refractivity contribution is 9.10. The first-order chi connectivity index (χ1) is 11.7. The van der Waals surface area contributed by atoms with Gasteiger partial charge in [0.1, 0.15) is 18.1 Å². The van der Waals surface area contributed by atoms with Gasteiger partial charge in [0.15, 0.2) is 5.76 Å². The van der Waals surface area contributed by atoms with E-state index in [1.54, 1.807) is 12.1 Å². The number of amides is 1. The Hall–Kier alpha value is -1.50. The molecule has 2 aromatic rings. The van der Waals surface area contributed by atoms with E-state index in [9.17, 15) is 4.79 Å². The lowest BCUT2D eigenvalue weighted by Gasteiger charge is -2.34. The van der Waals surface area contributed by atoms with Gasteiger partial charge in [-0.05, 0) is 55.7 Å². The Morgan fingerprint density at radius 3 is 2.72 bits per heavy atom. The van der Waals surface area contributed by atoms with Crippen molar-refractivity contribution < 1.29 is 13.9 Å². The van der Waals surface area contributed by atoms with Crippen LogP contribution in [0.4, 0.5) is 0 Å². The van der Waals surface area contributed by atoms with Gasteiger partial charge in [-0.15, -0.1) is 12.4 Å². The van der Waals surface area contributed by atoms with Gasteiger partial charge in [0.05, 0.1) is 0 Å². The molecule has 1 aromatic heterocycles. The molecule has 0 bridgehead atoms. The molecule has 0 saturated carbocycles. The molecule has 7 heteroatoms. The van der Waals surface area contributed by atoms with Crippen molar-refractivity contribution in [1.82, 2.24) is 4.90 Å². The molecule has 1 saturated heterocycles. The molecule has 2 N–H and O–H groups in total. The average molecular weight is 430 g/mol. The number of rotatable bonds is 5. The number of nitrogens with zero attached hydrogens (tertiary/aromatic N) is 1. The van der Waals surface area contributed by atoms with Gasteiger partial charge in [0.25, 0.3) is 5.91 Å². The van der Waals surface area contributed by atoms with Gasteiger partial charge >= 0.3 is 0 Å². The van der Waals surface area contributed by atoms with Crippen molar-refractivity contribution >= 4 is 34.2 Å². The normalized spacial score (nSPS) is 17.0. The molecule has 1 unspecified atom stereocenters. The van der Waals surface area contributed by atoms with Gasteiger partial charge in [-0.1, -0.05) is 15.9 Å². The van der Waals surface area contributed by atoms with Crippen LogP contribution in [0, 0.1) is 0 Å². The van der Waals surface area contributed by atoms with Crippen molar-refractivity contribution in [3.05, 3.63) is 52.4 Å². The molecule has 1 aliphatic rings. The first-order valence-electron chi connectivity index (χ1n) is 8.15. The van der Waals surface area contributed by atoms with Gasteiger partial charge in [-0.2, -0.15) is 0 Å². The van der Waals surface area contributed by atoms with E-state index in [0.29, 0.717) is 18.1 Å². The van der Waals surface area contributed by atoms with E-state index < -0.39 is 0 Å². The molecular formula is C18H22BrClN2O3. The highest BCUT2D eigenvalue weighted by atomic mass is 79.9. The summed E-state index contributed by atoms with van der Waals surface area (Å²) in [5.74, 6) is 1.65. The van der Waals surface area contributed by atoms with Crippen LogP contribution in [0.25, 0.3) is 0 Å². The minimum absolute atomic E-state index is 0. The third-order valence-corrected chi connectivity index (χ3v) is 4.76. The zero-order valence-corrected chi connectivity index (χ0v) is 16.2. The van der Waals surface area contributed by atoms with E-state index in [4.69, 9.17) is 14.9 Å². The summed E-state index contributed by atoms with van der Waals surface area (Å²) in [6, 6.07) is 11.2. The fraction of sp³-hybridized carbons (Fsp3) is 0.389. The van der Waals surface area contributed by atoms with Crippen LogP contribution in [0.2, 0.25) is 0 Å². The zero-order chi connectivity index (χ0) is 16.9. The summed E-state index contributed by atoms with van der Waals surface area (Å²) in [6.07, 6.45) is 3.10. The minimum atomic E-state index is -0.0833. The number of benzene rings is 1. The molecule has 1 aliphatic heterocycles. The van der Waals surface area contributed by atoms with Crippen LogP contribution < -0.4 is 10.5 Å². The van der Waals surface area contributed by atoms with Gasteiger partial charge < -0.3 is 19.8 Å². The number of carbonyl (C=O) groups is 1. The van der Waals surface area contributed by atoms with Crippen LogP contribution in [0.5, 0.6) is 5.75 Å². The highest BCUT2D eigenvalue weighted by Gasteiger charge is 2.28. The van der Waals surface area contributed by atoms with Crippen LogP contribution in [0.1, 0.15) is 35.6 Å². The molecule has 0 radical (unpaired) electrons. The number of likely N-dealkylation sites (tertiary alicyclic amines) is 1. The van der Waals surface area contributed by atoms with Crippen molar-refractivity contribution in [2.24, 2.45) is 5.73 Å². The second kappa shape index (κ2) is 9.27. The van der Waals surface area contributed by atoms with Crippen LogP contribution in [-0.4, -0.2) is 29.9 Å². The smallest absolute Gasteiger partial charge is 0.289 e. The maximum absolute atomic E-state index is 12.6. The summed E-state index contributed by atoms with van der Waals surface area (Å²) < 4.78 is 12.3. The Kier molecular flexibility index (Phi) is 7.35. The SMILES string of the molecule is Cl.NCC1CCCCN1C(=O)c1ccc(COc2ccc(Br)cc2)o1. The van der Waals surface area contributed by atoms with Crippen molar-refractivity contribution in [1.29, 1.82) is 0 Å².